The smallest absolute Gasteiger partial charge is 0.0880 e. The number of hydrogen-bond donors (Lipinski definition) is 9. The van der Waals surface area contributed by atoms with Gasteiger partial charge in [0, 0.05) is 42.4 Å². The van der Waals surface area contributed by atoms with Gasteiger partial charge >= 0.3 is 0 Å². The number of likely N-dealkylation sites (N-methyl/N-ethyl adjacent to an activating group) is 2. The van der Waals surface area contributed by atoms with Crippen molar-refractivity contribution >= 4 is 37.9 Å². The predicted octanol–water partition coefficient (Wildman–Crippen LogP) is -1.54. The van der Waals surface area contributed by atoms with E-state index in [4.69, 9.17) is 11.5 Å². The summed E-state index contributed by atoms with van der Waals surface area (Å²) in [6, 6.07) is 0. The van der Waals surface area contributed by atoms with E-state index in [0.717, 1.165) is 0 Å². The highest BCUT2D eigenvalue weighted by Crippen LogP contribution is 2.09. The van der Waals surface area contributed by atoms with Crippen LogP contribution in [0.2, 0.25) is 0 Å². The molecule has 0 saturated heterocycles. The molecular formula is C12H32N6S3. The fourth-order valence-corrected chi connectivity index (χ4v) is 2.35. The van der Waals surface area contributed by atoms with Crippen molar-refractivity contribution in [2.24, 2.45) is 11.5 Å². The van der Waals surface area contributed by atoms with E-state index in [1.807, 2.05) is 14.1 Å². The molecule has 0 bridgehead atoms. The molecule has 0 spiro atoms. The Balaban J connectivity index is 4.59. The highest BCUT2D eigenvalue weighted by molar-refractivity contribution is 7.80. The topological polar surface area (TPSA) is 100 Å². The van der Waals surface area contributed by atoms with E-state index in [1.165, 1.54) is 0 Å². The molecule has 0 aliphatic rings. The summed E-state index contributed by atoms with van der Waals surface area (Å²) >= 11 is 13.0. The first-order chi connectivity index (χ1) is 9.72. The van der Waals surface area contributed by atoms with Crippen molar-refractivity contribution in [1.29, 1.82) is 0 Å². The van der Waals surface area contributed by atoms with Crippen LogP contribution in [0.5, 0.6) is 0 Å². The molecule has 0 amide bonds. The normalized spacial score (nSPS) is 20.6. The third-order valence-electron chi connectivity index (χ3n) is 3.56. The summed E-state index contributed by atoms with van der Waals surface area (Å²) in [6.45, 7) is 3.95. The van der Waals surface area contributed by atoms with Crippen LogP contribution in [0.1, 0.15) is 6.92 Å². The summed E-state index contributed by atoms with van der Waals surface area (Å²) < 4.78 is 0. The lowest BCUT2D eigenvalue weighted by atomic mass is 10.0. The second-order valence-corrected chi connectivity index (χ2v) is 6.78. The number of rotatable bonds is 12. The summed E-state index contributed by atoms with van der Waals surface area (Å²) in [5, 5.41) is 13.0. The Hall–Kier alpha value is 0.810. The average Bonchev–Trinajstić information content (AvgIpc) is 2.51. The molecule has 6 nitrogen and oxygen atoms in total. The van der Waals surface area contributed by atoms with Crippen molar-refractivity contribution in [3.63, 3.8) is 0 Å². The molecule has 0 radical (unpaired) electrons. The lowest BCUT2D eigenvalue weighted by molar-refractivity contribution is 0.268. The summed E-state index contributed by atoms with van der Waals surface area (Å²) in [5.41, 5.74) is 11.1. The standard InChI is InChI=1S/C12H32N6S3/c1-10(7-19,17-6-11(13,8-20)16-3)4-18-12(14,9-21)5-15-2/h15-21H,4-9,13-14H2,1-3H3/t10-,11?,12?/m1/s1. The first-order valence-electron chi connectivity index (χ1n) is 6.96. The molecule has 0 saturated carbocycles. The van der Waals surface area contributed by atoms with Crippen LogP contribution in [0.4, 0.5) is 0 Å². The van der Waals surface area contributed by atoms with Crippen LogP contribution in [0.3, 0.4) is 0 Å². The van der Waals surface area contributed by atoms with Crippen molar-refractivity contribution in [2.45, 2.75) is 23.8 Å². The van der Waals surface area contributed by atoms with Crippen LogP contribution in [0, 0.1) is 0 Å². The summed E-state index contributed by atoms with van der Waals surface area (Å²) in [7, 11) is 3.69. The van der Waals surface area contributed by atoms with Crippen LogP contribution in [0.25, 0.3) is 0 Å². The molecule has 0 aromatic heterocycles. The molecule has 0 aromatic rings. The predicted molar refractivity (Wildman–Crippen MR) is 103 cm³/mol. The SMILES string of the molecule is CNCC(N)(CS)NC[C@](C)(CS)NCC(N)(CS)NC. The molecule has 0 heterocycles. The minimum Gasteiger partial charge on any atom is -0.317 e. The van der Waals surface area contributed by atoms with Crippen molar-refractivity contribution in [3.05, 3.63) is 0 Å². The molecule has 21 heavy (non-hydrogen) atoms. The number of thiol groups is 3. The highest BCUT2D eigenvalue weighted by Gasteiger charge is 2.31. The zero-order valence-corrected chi connectivity index (χ0v) is 15.9. The van der Waals surface area contributed by atoms with Gasteiger partial charge in [0.2, 0.25) is 0 Å². The van der Waals surface area contributed by atoms with Crippen LogP contribution in [-0.2, 0) is 0 Å². The highest BCUT2D eigenvalue weighted by atomic mass is 32.1. The van der Waals surface area contributed by atoms with Gasteiger partial charge in [0.05, 0.1) is 11.3 Å². The molecule has 0 aromatic carbocycles. The fraction of sp³-hybridized carbons (Fsp3) is 1.00. The first-order valence-corrected chi connectivity index (χ1v) is 8.86. The second kappa shape index (κ2) is 9.84. The van der Waals surface area contributed by atoms with E-state index < -0.39 is 11.3 Å². The van der Waals surface area contributed by atoms with Crippen molar-refractivity contribution < 1.29 is 0 Å². The van der Waals surface area contributed by atoms with Crippen LogP contribution < -0.4 is 32.7 Å². The maximum Gasteiger partial charge on any atom is 0.0880 e. The number of hydrogen-bond acceptors (Lipinski definition) is 9. The zero-order valence-electron chi connectivity index (χ0n) is 13.2. The van der Waals surface area contributed by atoms with Gasteiger partial charge in [-0.3, -0.25) is 5.32 Å². The Morgan fingerprint density at radius 1 is 0.810 bits per heavy atom. The number of nitrogens with one attached hydrogen (secondary N) is 4. The monoisotopic (exact) mass is 356 g/mol. The lowest BCUT2D eigenvalue weighted by Crippen LogP contribution is -2.68. The van der Waals surface area contributed by atoms with Gasteiger partial charge < -0.3 is 27.4 Å². The van der Waals surface area contributed by atoms with Crippen LogP contribution >= 0.6 is 37.9 Å². The van der Waals surface area contributed by atoms with Crippen LogP contribution in [-0.4, -0.2) is 67.9 Å². The van der Waals surface area contributed by atoms with Crippen molar-refractivity contribution in [2.75, 3.05) is 51.0 Å². The van der Waals surface area contributed by atoms with E-state index >= 15 is 0 Å². The summed E-state index contributed by atoms with van der Waals surface area (Å²) in [4.78, 5) is 0. The molecule has 0 rings (SSSR count). The van der Waals surface area contributed by atoms with Gasteiger partial charge in [-0.25, -0.2) is 0 Å². The summed E-state index contributed by atoms with van der Waals surface area (Å²) in [6.07, 6.45) is 0. The van der Waals surface area contributed by atoms with Crippen LogP contribution in [0.15, 0.2) is 0 Å². The molecule has 128 valence electrons. The van der Waals surface area contributed by atoms with E-state index in [0.29, 0.717) is 36.9 Å². The average molecular weight is 357 g/mol. The summed E-state index contributed by atoms with van der Waals surface area (Å²) in [5.74, 6) is 1.71. The van der Waals surface area contributed by atoms with Crippen molar-refractivity contribution in [1.82, 2.24) is 21.3 Å². The molecular weight excluding hydrogens is 324 g/mol. The maximum absolute atomic E-state index is 6.25. The second-order valence-electron chi connectivity index (χ2n) is 5.83. The van der Waals surface area contributed by atoms with E-state index in [2.05, 4.69) is 66.1 Å². The molecule has 0 aliphatic heterocycles. The van der Waals surface area contributed by atoms with Gasteiger partial charge in [0.25, 0.3) is 0 Å². The van der Waals surface area contributed by atoms with Gasteiger partial charge in [-0.05, 0) is 21.0 Å². The third kappa shape index (κ3) is 7.76. The van der Waals surface area contributed by atoms with E-state index in [9.17, 15) is 0 Å². The van der Waals surface area contributed by atoms with E-state index in [1.54, 1.807) is 0 Å². The van der Waals surface area contributed by atoms with Gasteiger partial charge in [0.15, 0.2) is 0 Å². The Morgan fingerprint density at radius 2 is 1.38 bits per heavy atom. The fourth-order valence-electron chi connectivity index (χ4n) is 1.63. The zero-order chi connectivity index (χ0) is 16.6. The maximum atomic E-state index is 6.25. The molecule has 9 heteroatoms. The van der Waals surface area contributed by atoms with Gasteiger partial charge in [0.1, 0.15) is 0 Å². The van der Waals surface area contributed by atoms with Gasteiger partial charge in [-0.1, -0.05) is 0 Å². The molecule has 3 atom stereocenters. The Bertz CT molecular complexity index is 292. The molecule has 2 unspecified atom stereocenters. The van der Waals surface area contributed by atoms with Gasteiger partial charge in [-0.15, -0.1) is 0 Å². The molecule has 0 aliphatic carbocycles. The minimum absolute atomic E-state index is 0.241. The Kier molecular flexibility index (Phi) is 10.2. The van der Waals surface area contributed by atoms with Crippen molar-refractivity contribution in [3.8, 4) is 0 Å². The first kappa shape index (κ1) is 21.8. The number of nitrogens with two attached hydrogens (primary N) is 2. The minimum atomic E-state index is -0.559. The van der Waals surface area contributed by atoms with Gasteiger partial charge in [-0.2, -0.15) is 37.9 Å². The largest absolute Gasteiger partial charge is 0.317 e. The Labute approximate surface area is 145 Å². The third-order valence-corrected chi connectivity index (χ3v) is 5.39. The molecule has 0 fully saturated rings. The van der Waals surface area contributed by atoms with E-state index in [-0.39, 0.29) is 5.54 Å². The lowest BCUT2D eigenvalue weighted by Gasteiger charge is -2.38. The molecule has 8 N–H and O–H groups in total. The Morgan fingerprint density at radius 3 is 1.76 bits per heavy atom. The quantitative estimate of drug-likeness (QED) is 0.155.